The van der Waals surface area contributed by atoms with Crippen molar-refractivity contribution in [3.8, 4) is 0 Å². The summed E-state index contributed by atoms with van der Waals surface area (Å²) in [6, 6.07) is -0.564. The summed E-state index contributed by atoms with van der Waals surface area (Å²) in [6.07, 6.45) is -3.14. The summed E-state index contributed by atoms with van der Waals surface area (Å²) < 4.78 is 66.2. The van der Waals surface area contributed by atoms with Gasteiger partial charge in [-0.3, -0.25) is 9.59 Å². The van der Waals surface area contributed by atoms with Gasteiger partial charge in [0.2, 0.25) is 0 Å². The molecule has 0 unspecified atom stereocenters. The van der Waals surface area contributed by atoms with Crippen LogP contribution in [0, 0.1) is 34.5 Å². The van der Waals surface area contributed by atoms with Gasteiger partial charge in [-0.1, -0.05) is 19.4 Å². The summed E-state index contributed by atoms with van der Waals surface area (Å²) in [5, 5.41) is 9.74. The molecular formula is C21H30O3. The number of carbonyl (C=O) groups excluding carboxylic acids is 2. The van der Waals surface area contributed by atoms with E-state index in [1.165, 1.54) is 0 Å². The lowest BCUT2D eigenvalue weighted by atomic mass is 9.46. The van der Waals surface area contributed by atoms with Crippen LogP contribution in [-0.4, -0.2) is 23.2 Å². The maximum atomic E-state index is 12.8. The molecule has 4 rings (SSSR count). The summed E-state index contributed by atoms with van der Waals surface area (Å²) in [5.74, 6) is -4.77. The monoisotopic (exact) mass is 338 g/mol. The standard InChI is InChI=1S/C21H30O3/c1-20-9-7-14(23)11-13(20)3-4-15-16-5-6-18(19(24)12-22)21(16,2)10-8-17(15)20/h11,15-18,22H,3-10,12H2,1-2H3/t15-,16+,17-,18-,20+,21+/m1/s1/i3D2,7D2,11D,12D2,18D. The fourth-order valence-electron chi connectivity index (χ4n) is 6.05. The molecule has 4 aliphatic carbocycles. The fraction of sp³-hybridized carbons (Fsp3) is 0.810. The van der Waals surface area contributed by atoms with E-state index in [0.717, 1.165) is 0 Å². The van der Waals surface area contributed by atoms with Gasteiger partial charge in [-0.15, -0.1) is 0 Å². The van der Waals surface area contributed by atoms with Crippen molar-refractivity contribution in [1.29, 1.82) is 0 Å². The number of carbonyl (C=O) groups is 2. The SMILES string of the molecule is [2H]C1=C2C([2H])([2H])C[C@H]3[C@@H](CC[C@@]4(C)[C@H]3CC[C@]4([2H])C(=O)C([2H])([2H])O)[C@@]2(C)CC([2H])([2H])C1=O. The number of hydrogen-bond acceptors (Lipinski definition) is 3. The number of aliphatic hydroxyl groups is 1. The summed E-state index contributed by atoms with van der Waals surface area (Å²) >= 11 is 0. The topological polar surface area (TPSA) is 54.4 Å². The zero-order valence-corrected chi connectivity index (χ0v) is 14.2. The lowest BCUT2D eigenvalue weighted by Gasteiger charge is -2.58. The highest BCUT2D eigenvalue weighted by molar-refractivity contribution is 5.91. The van der Waals surface area contributed by atoms with Crippen molar-refractivity contribution in [3.05, 3.63) is 11.6 Å². The van der Waals surface area contributed by atoms with Gasteiger partial charge in [0.15, 0.2) is 11.6 Å². The first-order valence-electron chi connectivity index (χ1n) is 12.9. The molecule has 3 saturated carbocycles. The van der Waals surface area contributed by atoms with E-state index >= 15 is 0 Å². The van der Waals surface area contributed by atoms with Gasteiger partial charge < -0.3 is 5.11 Å². The Morgan fingerprint density at radius 2 is 2.12 bits per heavy atom. The molecule has 132 valence electrons. The Bertz CT molecular complexity index is 924. The van der Waals surface area contributed by atoms with E-state index in [4.69, 9.17) is 11.0 Å². The second-order valence-corrected chi connectivity index (χ2v) is 8.27. The van der Waals surface area contributed by atoms with Gasteiger partial charge in [0.05, 0.1) is 4.11 Å². The molecule has 3 fully saturated rings. The number of ketones is 2. The Balaban J connectivity index is 1.81. The molecule has 0 aromatic heterocycles. The zero-order valence-electron chi connectivity index (χ0n) is 22.2. The van der Waals surface area contributed by atoms with Crippen molar-refractivity contribution in [3.63, 3.8) is 0 Å². The minimum atomic E-state index is -3.13. The Morgan fingerprint density at radius 1 is 1.33 bits per heavy atom. The molecule has 0 heterocycles. The molecule has 3 nitrogen and oxygen atoms in total. The van der Waals surface area contributed by atoms with Crippen LogP contribution in [0.5, 0.6) is 0 Å². The van der Waals surface area contributed by atoms with Gasteiger partial charge in [-0.2, -0.15) is 0 Å². The second-order valence-electron chi connectivity index (χ2n) is 8.27. The maximum absolute atomic E-state index is 12.8. The summed E-state index contributed by atoms with van der Waals surface area (Å²) in [7, 11) is 0. The van der Waals surface area contributed by atoms with Crippen molar-refractivity contribution in [2.45, 2.75) is 65.1 Å². The average Bonchev–Trinajstić information content (AvgIpc) is 2.89. The van der Waals surface area contributed by atoms with Gasteiger partial charge in [0.1, 0.15) is 6.56 Å². The number of allylic oxidation sites excluding steroid dienone is 1. The summed E-state index contributed by atoms with van der Waals surface area (Å²) in [5.41, 5.74) is -1.92. The highest BCUT2D eigenvalue weighted by Gasteiger charge is 2.59. The maximum Gasteiger partial charge on any atom is 0.161 e. The van der Waals surface area contributed by atoms with Gasteiger partial charge >= 0.3 is 0 Å². The van der Waals surface area contributed by atoms with Crippen LogP contribution in [0.4, 0.5) is 0 Å². The first-order valence-corrected chi connectivity index (χ1v) is 8.87. The van der Waals surface area contributed by atoms with E-state index in [1.54, 1.807) is 13.8 Å². The lowest BCUT2D eigenvalue weighted by molar-refractivity contribution is -0.133. The Labute approximate surface area is 156 Å². The molecule has 6 atom stereocenters. The fourth-order valence-corrected chi connectivity index (χ4v) is 6.05. The predicted molar refractivity (Wildman–Crippen MR) is 92.3 cm³/mol. The Hall–Kier alpha value is -0.960. The van der Waals surface area contributed by atoms with Gasteiger partial charge in [0.25, 0.3) is 0 Å². The molecule has 0 amide bonds. The van der Waals surface area contributed by atoms with Crippen molar-refractivity contribution >= 4 is 11.6 Å². The average molecular weight is 339 g/mol. The number of rotatable bonds is 2. The van der Waals surface area contributed by atoms with Crippen LogP contribution in [-0.2, 0) is 9.59 Å². The van der Waals surface area contributed by atoms with E-state index in [2.05, 4.69) is 0 Å². The molecule has 3 heteroatoms. The quantitative estimate of drug-likeness (QED) is 0.835. The molecule has 4 aliphatic rings. The molecule has 0 aromatic carbocycles. The molecule has 0 aromatic rings. The van der Waals surface area contributed by atoms with Crippen LogP contribution in [0.2, 0.25) is 0 Å². The minimum absolute atomic E-state index is 0.0117. The zero-order chi connectivity index (χ0) is 24.3. The van der Waals surface area contributed by atoms with Crippen LogP contribution in [0.3, 0.4) is 0 Å². The van der Waals surface area contributed by atoms with Crippen molar-refractivity contribution in [2.75, 3.05) is 6.56 Å². The molecule has 1 N–H and O–H groups in total. The molecule has 0 spiro atoms. The normalized spacial score (nSPS) is 60.6. The van der Waals surface area contributed by atoms with Crippen LogP contribution >= 0.6 is 0 Å². The van der Waals surface area contributed by atoms with Crippen LogP contribution < -0.4 is 0 Å². The predicted octanol–water partition coefficient (Wildman–Crippen LogP) is 3.70. The van der Waals surface area contributed by atoms with E-state index < -0.39 is 53.6 Å². The molecule has 0 bridgehead atoms. The number of hydrogen-bond donors (Lipinski definition) is 1. The van der Waals surface area contributed by atoms with E-state index in [0.29, 0.717) is 19.3 Å². The molecule has 0 saturated heterocycles. The first kappa shape index (κ1) is 9.66. The highest BCUT2D eigenvalue weighted by atomic mass is 16.3. The van der Waals surface area contributed by atoms with Crippen molar-refractivity contribution < 1.29 is 25.7 Å². The molecule has 0 aliphatic heterocycles. The largest absolute Gasteiger partial charge is 0.389 e. The third kappa shape index (κ3) is 2.13. The Morgan fingerprint density at radius 3 is 2.88 bits per heavy atom. The lowest BCUT2D eigenvalue weighted by Crippen LogP contribution is -2.51. The number of Topliss-reactive ketones (excluding diaryl/α,β-unsaturated/α-hetero) is 1. The summed E-state index contributed by atoms with van der Waals surface area (Å²) in [6.45, 7) is 0.388. The van der Waals surface area contributed by atoms with Gasteiger partial charge in [0, 0.05) is 19.1 Å². The van der Waals surface area contributed by atoms with Crippen molar-refractivity contribution in [2.24, 2.45) is 34.5 Å². The molecule has 24 heavy (non-hydrogen) atoms. The summed E-state index contributed by atoms with van der Waals surface area (Å²) in [4.78, 5) is 25.3. The Kier molecular flexibility index (Phi) is 2.22. The van der Waals surface area contributed by atoms with Gasteiger partial charge in [-0.05, 0) is 79.5 Å². The highest BCUT2D eigenvalue weighted by Crippen LogP contribution is 2.66. The second kappa shape index (κ2) is 5.52. The van der Waals surface area contributed by atoms with E-state index in [9.17, 15) is 14.7 Å². The van der Waals surface area contributed by atoms with E-state index in [-0.39, 0.29) is 42.6 Å². The third-order valence-electron chi connectivity index (χ3n) is 7.36. The van der Waals surface area contributed by atoms with Crippen LogP contribution in [0.15, 0.2) is 11.6 Å². The van der Waals surface area contributed by atoms with Gasteiger partial charge in [-0.25, -0.2) is 0 Å². The van der Waals surface area contributed by atoms with Crippen LogP contribution in [0.1, 0.15) is 76.1 Å². The van der Waals surface area contributed by atoms with Crippen LogP contribution in [0.25, 0.3) is 0 Å². The smallest absolute Gasteiger partial charge is 0.161 e. The molecular weight excluding hydrogens is 300 g/mol. The molecule has 0 radical (unpaired) electrons. The first-order chi connectivity index (χ1) is 14.3. The minimum Gasteiger partial charge on any atom is -0.389 e. The van der Waals surface area contributed by atoms with Crippen molar-refractivity contribution in [1.82, 2.24) is 0 Å². The third-order valence-corrected chi connectivity index (χ3v) is 7.36. The number of fused-ring (bicyclic) bond motifs is 5. The van der Waals surface area contributed by atoms with E-state index in [1.807, 2.05) is 0 Å².